The summed E-state index contributed by atoms with van der Waals surface area (Å²) in [4.78, 5) is 44.0. The molecule has 0 bridgehead atoms. The highest BCUT2D eigenvalue weighted by molar-refractivity contribution is 6.30. The zero-order chi connectivity index (χ0) is 25.8. The maximum atomic E-state index is 13.0. The number of nitrogens with zero attached hydrogens (tertiary/aromatic N) is 3. The first kappa shape index (κ1) is 27.1. The highest BCUT2D eigenvalue weighted by atomic mass is 35.5. The number of amides is 2. The number of rotatable bonds is 7. The van der Waals surface area contributed by atoms with Crippen LogP contribution in [0.2, 0.25) is 5.02 Å². The third-order valence-electron chi connectivity index (χ3n) is 8.55. The number of carbonyl (C=O) groups is 3. The molecular formula is C29H42ClN3O3. The molecule has 7 heteroatoms. The molecule has 3 aliphatic rings. The minimum Gasteiger partial charge on any atom is -0.343 e. The van der Waals surface area contributed by atoms with Crippen LogP contribution in [0.15, 0.2) is 12.1 Å². The third-order valence-corrected chi connectivity index (χ3v) is 8.77. The Labute approximate surface area is 221 Å². The second-order valence-corrected chi connectivity index (χ2v) is 11.8. The summed E-state index contributed by atoms with van der Waals surface area (Å²) in [5, 5.41) is 0.668. The summed E-state index contributed by atoms with van der Waals surface area (Å²) in [6, 6.07) is 4.16. The third kappa shape index (κ3) is 6.69. The number of piperidine rings is 1. The lowest BCUT2D eigenvalue weighted by Crippen LogP contribution is -2.54. The van der Waals surface area contributed by atoms with E-state index in [0.29, 0.717) is 30.3 Å². The van der Waals surface area contributed by atoms with Gasteiger partial charge in [-0.15, -0.1) is 0 Å². The van der Waals surface area contributed by atoms with Crippen LogP contribution in [-0.2, 0) is 27.3 Å². The van der Waals surface area contributed by atoms with E-state index in [1.54, 1.807) is 6.92 Å². The van der Waals surface area contributed by atoms with Gasteiger partial charge in [0.2, 0.25) is 11.8 Å². The fraction of sp³-hybridized carbons (Fsp3) is 0.690. The number of benzene rings is 1. The van der Waals surface area contributed by atoms with Crippen LogP contribution in [0.4, 0.5) is 0 Å². The van der Waals surface area contributed by atoms with Crippen molar-refractivity contribution in [3.05, 3.63) is 33.8 Å². The van der Waals surface area contributed by atoms with Gasteiger partial charge in [0.1, 0.15) is 5.78 Å². The Hall–Kier alpha value is -1.92. The van der Waals surface area contributed by atoms with E-state index in [9.17, 15) is 14.4 Å². The molecule has 6 nitrogen and oxygen atoms in total. The summed E-state index contributed by atoms with van der Waals surface area (Å²) in [5.41, 5.74) is 3.30. The van der Waals surface area contributed by atoms with Crippen LogP contribution in [-0.4, -0.2) is 71.1 Å². The zero-order valence-corrected chi connectivity index (χ0v) is 23.0. The molecule has 0 unspecified atom stereocenters. The van der Waals surface area contributed by atoms with Gasteiger partial charge in [0.15, 0.2) is 0 Å². The van der Waals surface area contributed by atoms with E-state index in [1.165, 1.54) is 12.8 Å². The van der Waals surface area contributed by atoms with Crippen LogP contribution in [0.5, 0.6) is 0 Å². The largest absolute Gasteiger partial charge is 0.343 e. The van der Waals surface area contributed by atoms with E-state index >= 15 is 0 Å². The molecule has 2 atom stereocenters. The fourth-order valence-corrected chi connectivity index (χ4v) is 6.69. The molecule has 2 aliphatic heterocycles. The number of ketones is 1. The van der Waals surface area contributed by atoms with Crippen LogP contribution in [0.25, 0.3) is 0 Å². The Kier molecular flexibility index (Phi) is 9.10. The van der Waals surface area contributed by atoms with Crippen molar-refractivity contribution in [2.75, 3.05) is 32.7 Å². The first-order valence-corrected chi connectivity index (χ1v) is 14.2. The number of likely N-dealkylation sites (tertiary alicyclic amines) is 1. The van der Waals surface area contributed by atoms with E-state index in [2.05, 4.69) is 23.6 Å². The van der Waals surface area contributed by atoms with Crippen molar-refractivity contribution in [1.82, 2.24) is 14.7 Å². The predicted molar refractivity (Wildman–Crippen MR) is 143 cm³/mol. The summed E-state index contributed by atoms with van der Waals surface area (Å²) < 4.78 is 0. The molecule has 0 spiro atoms. The quantitative estimate of drug-likeness (QED) is 0.531. The lowest BCUT2D eigenvalue weighted by Gasteiger charge is -2.41. The van der Waals surface area contributed by atoms with Gasteiger partial charge >= 0.3 is 0 Å². The molecule has 0 aromatic heterocycles. The van der Waals surface area contributed by atoms with Crippen LogP contribution in [0, 0.1) is 18.8 Å². The normalized spacial score (nSPS) is 23.8. The second-order valence-electron chi connectivity index (χ2n) is 11.3. The van der Waals surface area contributed by atoms with Crippen molar-refractivity contribution in [2.45, 2.75) is 84.7 Å². The maximum absolute atomic E-state index is 13.0. The standard InChI is InChI=1S/C29H42ClN3O3/c1-20-17-31(11-12-33(20)29(36)24-8-4-5-9-24)19-26-15-27(30)14-25(21(26)2)16-28(35)13-23-7-6-10-32(18-23)22(3)34/h14-15,20,23-24H,4-13,16-19H2,1-3H3/t20-,23-/m0/s1. The molecule has 1 aromatic rings. The first-order valence-electron chi connectivity index (χ1n) is 13.8. The smallest absolute Gasteiger partial charge is 0.226 e. The minimum atomic E-state index is 0.0977. The summed E-state index contributed by atoms with van der Waals surface area (Å²) in [6.07, 6.45) is 7.33. The minimum absolute atomic E-state index is 0.0977. The maximum Gasteiger partial charge on any atom is 0.226 e. The highest BCUT2D eigenvalue weighted by Gasteiger charge is 2.33. The molecule has 1 aliphatic carbocycles. The molecule has 198 valence electrons. The van der Waals surface area contributed by atoms with E-state index in [0.717, 1.165) is 75.1 Å². The van der Waals surface area contributed by atoms with Gasteiger partial charge in [-0.3, -0.25) is 19.3 Å². The summed E-state index contributed by atoms with van der Waals surface area (Å²) in [5.74, 6) is 1.14. The van der Waals surface area contributed by atoms with E-state index in [4.69, 9.17) is 11.6 Å². The fourth-order valence-electron chi connectivity index (χ4n) is 6.42. The van der Waals surface area contributed by atoms with Crippen LogP contribution >= 0.6 is 11.6 Å². The molecule has 4 rings (SSSR count). The number of halogens is 1. The van der Waals surface area contributed by atoms with E-state index in [-0.39, 0.29) is 29.6 Å². The van der Waals surface area contributed by atoms with Gasteiger partial charge in [-0.05, 0) is 74.3 Å². The van der Waals surface area contributed by atoms with Gasteiger partial charge in [0, 0.05) is 76.0 Å². The molecule has 2 saturated heterocycles. The van der Waals surface area contributed by atoms with Crippen molar-refractivity contribution in [3.63, 3.8) is 0 Å². The first-order chi connectivity index (χ1) is 17.2. The molecule has 36 heavy (non-hydrogen) atoms. The Balaban J connectivity index is 1.35. The van der Waals surface area contributed by atoms with Gasteiger partial charge in [-0.2, -0.15) is 0 Å². The monoisotopic (exact) mass is 515 g/mol. The van der Waals surface area contributed by atoms with Gasteiger partial charge in [-0.25, -0.2) is 0 Å². The average Bonchev–Trinajstić information content (AvgIpc) is 3.37. The van der Waals surface area contributed by atoms with E-state index in [1.807, 2.05) is 17.0 Å². The molecule has 1 aromatic carbocycles. The van der Waals surface area contributed by atoms with Crippen LogP contribution in [0.3, 0.4) is 0 Å². The Bertz CT molecular complexity index is 975. The lowest BCUT2D eigenvalue weighted by molar-refractivity contribution is -0.140. The van der Waals surface area contributed by atoms with E-state index < -0.39 is 0 Å². The van der Waals surface area contributed by atoms with Gasteiger partial charge in [0.05, 0.1) is 0 Å². The number of Topliss-reactive ketones (excluding diaryl/α,β-unsaturated/α-hetero) is 1. The van der Waals surface area contributed by atoms with Crippen molar-refractivity contribution in [3.8, 4) is 0 Å². The molecule has 2 amide bonds. The molecule has 3 fully saturated rings. The SMILES string of the molecule is CC(=O)N1CCC[C@@H](CC(=O)Cc2cc(Cl)cc(CN3CCN(C(=O)C4CCCC4)[C@@H](C)C3)c2C)C1. The Morgan fingerprint density at radius 2 is 1.69 bits per heavy atom. The summed E-state index contributed by atoms with van der Waals surface area (Å²) in [6.45, 7) is 10.6. The number of carbonyl (C=O) groups excluding carboxylic acids is 3. The second kappa shape index (κ2) is 12.1. The highest BCUT2D eigenvalue weighted by Crippen LogP contribution is 2.29. The van der Waals surface area contributed by atoms with Crippen molar-refractivity contribution < 1.29 is 14.4 Å². The topological polar surface area (TPSA) is 60.9 Å². The van der Waals surface area contributed by atoms with Crippen molar-refractivity contribution in [1.29, 1.82) is 0 Å². The number of piperazine rings is 1. The van der Waals surface area contributed by atoms with Gasteiger partial charge in [0.25, 0.3) is 0 Å². The van der Waals surface area contributed by atoms with Gasteiger partial charge in [-0.1, -0.05) is 24.4 Å². The Morgan fingerprint density at radius 1 is 0.972 bits per heavy atom. The van der Waals surface area contributed by atoms with Crippen molar-refractivity contribution >= 4 is 29.2 Å². The van der Waals surface area contributed by atoms with Crippen LogP contribution < -0.4 is 0 Å². The van der Waals surface area contributed by atoms with Gasteiger partial charge < -0.3 is 9.80 Å². The number of hydrogen-bond donors (Lipinski definition) is 0. The molecule has 2 heterocycles. The number of hydrogen-bond acceptors (Lipinski definition) is 4. The molecule has 0 radical (unpaired) electrons. The molecular weight excluding hydrogens is 474 g/mol. The summed E-state index contributed by atoms with van der Waals surface area (Å²) >= 11 is 6.51. The predicted octanol–water partition coefficient (Wildman–Crippen LogP) is 4.63. The zero-order valence-electron chi connectivity index (χ0n) is 22.2. The molecule has 0 N–H and O–H groups in total. The summed E-state index contributed by atoms with van der Waals surface area (Å²) in [7, 11) is 0. The average molecular weight is 516 g/mol. The lowest BCUT2D eigenvalue weighted by atomic mass is 9.89. The van der Waals surface area contributed by atoms with Crippen molar-refractivity contribution in [2.24, 2.45) is 11.8 Å². The molecule has 1 saturated carbocycles. The van der Waals surface area contributed by atoms with Crippen LogP contribution in [0.1, 0.15) is 75.5 Å². The Morgan fingerprint density at radius 3 is 2.39 bits per heavy atom.